The van der Waals surface area contributed by atoms with Crippen molar-refractivity contribution in [2.75, 3.05) is 37.4 Å². The zero-order valence-electron chi connectivity index (χ0n) is 18.6. The van der Waals surface area contributed by atoms with Crippen LogP contribution in [0.4, 0.5) is 17.1 Å². The van der Waals surface area contributed by atoms with E-state index < -0.39 is 4.92 Å². The number of anilines is 2. The molecule has 1 aliphatic heterocycles. The lowest BCUT2D eigenvalue weighted by Gasteiger charge is -2.22. The average Bonchev–Trinajstić information content (AvgIpc) is 3.31. The van der Waals surface area contributed by atoms with Gasteiger partial charge in [-0.1, -0.05) is 30.0 Å². The fraction of sp³-hybridized carbons (Fsp3) is 0.240. The van der Waals surface area contributed by atoms with Gasteiger partial charge in [0.15, 0.2) is 0 Å². The second kappa shape index (κ2) is 10.1. The predicted octanol–water partition coefficient (Wildman–Crippen LogP) is 5.14. The van der Waals surface area contributed by atoms with Crippen LogP contribution in [0.5, 0.6) is 0 Å². The molecule has 3 aromatic carbocycles. The number of benzene rings is 3. The van der Waals surface area contributed by atoms with Crippen molar-refractivity contribution in [1.29, 1.82) is 0 Å². The van der Waals surface area contributed by atoms with Gasteiger partial charge >= 0.3 is 0 Å². The molecule has 1 heterocycles. The Morgan fingerprint density at radius 2 is 1.82 bits per heavy atom. The largest absolute Gasteiger partial charge is 0.370 e. The SMILES string of the molecule is CN(C)C1CCN(c2ccc(NC(=O)c3ccc(Sc4ccccc4)c([N+](=O)[O-])c3)cc2)C1. The second-order valence-corrected chi connectivity index (χ2v) is 9.32. The normalized spacial score (nSPS) is 15.6. The molecule has 8 heteroatoms. The van der Waals surface area contributed by atoms with E-state index in [4.69, 9.17) is 0 Å². The molecule has 4 rings (SSSR count). The Hall–Kier alpha value is -3.36. The second-order valence-electron chi connectivity index (χ2n) is 8.21. The minimum atomic E-state index is -0.451. The van der Waals surface area contributed by atoms with Gasteiger partial charge in [0.1, 0.15) is 0 Å². The fourth-order valence-corrected chi connectivity index (χ4v) is 4.78. The Morgan fingerprint density at radius 1 is 1.09 bits per heavy atom. The lowest BCUT2D eigenvalue weighted by molar-refractivity contribution is -0.387. The van der Waals surface area contributed by atoms with Gasteiger partial charge in [-0.15, -0.1) is 0 Å². The van der Waals surface area contributed by atoms with Gasteiger partial charge in [-0.3, -0.25) is 14.9 Å². The van der Waals surface area contributed by atoms with Crippen molar-refractivity contribution in [3.63, 3.8) is 0 Å². The van der Waals surface area contributed by atoms with E-state index in [0.29, 0.717) is 16.6 Å². The summed E-state index contributed by atoms with van der Waals surface area (Å²) in [5.74, 6) is -0.379. The number of likely N-dealkylation sites (N-methyl/N-ethyl adjacent to an activating group) is 1. The van der Waals surface area contributed by atoms with Gasteiger partial charge < -0.3 is 15.1 Å². The Kier molecular flexibility index (Phi) is 6.96. The summed E-state index contributed by atoms with van der Waals surface area (Å²) >= 11 is 1.30. The lowest BCUT2D eigenvalue weighted by atomic mass is 10.2. The first kappa shape index (κ1) is 22.8. The van der Waals surface area contributed by atoms with Crippen LogP contribution in [0.15, 0.2) is 82.6 Å². The number of nitro groups is 1. The molecule has 1 fully saturated rings. The first-order valence-corrected chi connectivity index (χ1v) is 11.6. The zero-order valence-corrected chi connectivity index (χ0v) is 19.4. The van der Waals surface area contributed by atoms with E-state index in [-0.39, 0.29) is 17.2 Å². The van der Waals surface area contributed by atoms with Gasteiger partial charge in [0, 0.05) is 47.0 Å². The van der Waals surface area contributed by atoms with Crippen molar-refractivity contribution in [1.82, 2.24) is 4.90 Å². The van der Waals surface area contributed by atoms with Crippen molar-refractivity contribution >= 4 is 34.7 Å². The number of carbonyl (C=O) groups is 1. The van der Waals surface area contributed by atoms with E-state index in [9.17, 15) is 14.9 Å². The van der Waals surface area contributed by atoms with Crippen molar-refractivity contribution in [3.05, 3.63) is 88.5 Å². The third kappa shape index (κ3) is 5.53. The summed E-state index contributed by atoms with van der Waals surface area (Å²) in [6.45, 7) is 1.99. The molecule has 0 aromatic heterocycles. The topological polar surface area (TPSA) is 78.7 Å². The molecule has 0 spiro atoms. The minimum Gasteiger partial charge on any atom is -0.370 e. The fourth-order valence-electron chi connectivity index (χ4n) is 3.86. The van der Waals surface area contributed by atoms with Crippen LogP contribution in [-0.2, 0) is 0 Å². The molecule has 0 aliphatic carbocycles. The first-order chi connectivity index (χ1) is 15.9. The van der Waals surface area contributed by atoms with Gasteiger partial charge in [0.05, 0.1) is 9.82 Å². The molecule has 33 heavy (non-hydrogen) atoms. The average molecular weight is 463 g/mol. The quantitative estimate of drug-likeness (QED) is 0.387. The van der Waals surface area contributed by atoms with Crippen LogP contribution in [0.1, 0.15) is 16.8 Å². The number of nitrogens with one attached hydrogen (secondary N) is 1. The molecule has 0 saturated carbocycles. The zero-order chi connectivity index (χ0) is 23.4. The number of amides is 1. The number of nitrogens with zero attached hydrogens (tertiary/aromatic N) is 3. The van der Waals surface area contributed by atoms with E-state index in [1.807, 2.05) is 54.6 Å². The highest BCUT2D eigenvalue weighted by Crippen LogP contribution is 2.35. The van der Waals surface area contributed by atoms with Crippen LogP contribution in [0, 0.1) is 10.1 Å². The molecular formula is C25H26N4O3S. The number of nitro benzene ring substituents is 1. The summed E-state index contributed by atoms with van der Waals surface area (Å²) < 4.78 is 0. The first-order valence-electron chi connectivity index (χ1n) is 10.7. The number of hydrogen-bond acceptors (Lipinski definition) is 6. The number of hydrogen-bond donors (Lipinski definition) is 1. The molecular weight excluding hydrogens is 436 g/mol. The highest BCUT2D eigenvalue weighted by molar-refractivity contribution is 7.99. The third-order valence-corrected chi connectivity index (χ3v) is 6.85. The maximum Gasteiger partial charge on any atom is 0.284 e. The van der Waals surface area contributed by atoms with E-state index in [0.717, 1.165) is 30.1 Å². The third-order valence-electron chi connectivity index (χ3n) is 5.77. The van der Waals surface area contributed by atoms with Crippen LogP contribution < -0.4 is 10.2 Å². The van der Waals surface area contributed by atoms with Crippen molar-refractivity contribution in [2.45, 2.75) is 22.3 Å². The maximum atomic E-state index is 12.8. The van der Waals surface area contributed by atoms with Crippen LogP contribution in [0.25, 0.3) is 0 Å². The monoisotopic (exact) mass is 462 g/mol. The van der Waals surface area contributed by atoms with Crippen LogP contribution in [0.3, 0.4) is 0 Å². The summed E-state index contributed by atoms with van der Waals surface area (Å²) in [5, 5.41) is 14.5. The minimum absolute atomic E-state index is 0.0867. The molecule has 1 atom stereocenters. The molecule has 1 amide bonds. The van der Waals surface area contributed by atoms with Crippen LogP contribution in [-0.4, -0.2) is 49.0 Å². The molecule has 0 radical (unpaired) electrons. The summed E-state index contributed by atoms with van der Waals surface area (Å²) in [6, 6.07) is 22.3. The van der Waals surface area contributed by atoms with Gasteiger partial charge in [-0.25, -0.2) is 0 Å². The highest BCUT2D eigenvalue weighted by Gasteiger charge is 2.24. The molecule has 1 aliphatic rings. The summed E-state index contributed by atoms with van der Waals surface area (Å²) in [6.07, 6.45) is 1.13. The maximum absolute atomic E-state index is 12.8. The molecule has 1 saturated heterocycles. The van der Waals surface area contributed by atoms with E-state index >= 15 is 0 Å². The standard InChI is InChI=1S/C25H26N4O3S/c1-27(2)21-14-15-28(17-21)20-11-9-19(10-12-20)26-25(30)18-8-13-24(23(16-18)29(31)32)33-22-6-4-3-5-7-22/h3-13,16,21H,14-15,17H2,1-2H3,(H,26,30). The van der Waals surface area contributed by atoms with Crippen molar-refractivity contribution in [3.8, 4) is 0 Å². The molecule has 3 aromatic rings. The predicted molar refractivity (Wildman–Crippen MR) is 132 cm³/mol. The van der Waals surface area contributed by atoms with Gasteiger partial charge in [0.2, 0.25) is 0 Å². The summed E-state index contributed by atoms with van der Waals surface area (Å²) in [7, 11) is 4.20. The van der Waals surface area contributed by atoms with Crippen molar-refractivity contribution < 1.29 is 9.72 Å². The smallest absolute Gasteiger partial charge is 0.284 e. The van der Waals surface area contributed by atoms with Gasteiger partial charge in [-0.05, 0) is 69.0 Å². The van der Waals surface area contributed by atoms with Gasteiger partial charge in [0.25, 0.3) is 11.6 Å². The van der Waals surface area contributed by atoms with Crippen LogP contribution in [0.2, 0.25) is 0 Å². The Balaban J connectivity index is 1.45. The van der Waals surface area contributed by atoms with E-state index in [1.165, 1.54) is 17.8 Å². The Bertz CT molecular complexity index is 1140. The molecule has 7 nitrogen and oxygen atoms in total. The number of rotatable bonds is 7. The molecule has 1 unspecified atom stereocenters. The Labute approximate surface area is 197 Å². The van der Waals surface area contributed by atoms with E-state index in [2.05, 4.69) is 29.2 Å². The van der Waals surface area contributed by atoms with Crippen LogP contribution >= 0.6 is 11.8 Å². The lowest BCUT2D eigenvalue weighted by Crippen LogP contribution is -2.31. The highest BCUT2D eigenvalue weighted by atomic mass is 32.2. The number of carbonyl (C=O) groups excluding carboxylic acids is 1. The van der Waals surface area contributed by atoms with Crippen molar-refractivity contribution in [2.24, 2.45) is 0 Å². The van der Waals surface area contributed by atoms with Gasteiger partial charge in [-0.2, -0.15) is 0 Å². The summed E-state index contributed by atoms with van der Waals surface area (Å²) in [4.78, 5) is 29.9. The Morgan fingerprint density at radius 3 is 2.45 bits per heavy atom. The van der Waals surface area contributed by atoms with E-state index in [1.54, 1.807) is 12.1 Å². The molecule has 0 bridgehead atoms. The molecule has 1 N–H and O–H groups in total. The summed E-state index contributed by atoms with van der Waals surface area (Å²) in [5.41, 5.74) is 1.93. The molecule has 170 valence electrons.